The van der Waals surface area contributed by atoms with Gasteiger partial charge in [-0.05, 0) is 28.4 Å². The molecule has 0 aliphatic heterocycles. The smallest absolute Gasteiger partial charge is 0.109 e. The first-order valence-corrected chi connectivity index (χ1v) is 14.2. The Balaban J connectivity index is 0.000000354. The fourth-order valence-corrected chi connectivity index (χ4v) is 4.77. The van der Waals surface area contributed by atoms with Gasteiger partial charge in [-0.3, -0.25) is 6.08 Å². The van der Waals surface area contributed by atoms with Crippen molar-refractivity contribution in [3.8, 4) is 11.1 Å². The molecule has 0 saturated heterocycles. The van der Waals surface area contributed by atoms with Crippen molar-refractivity contribution in [3.05, 3.63) is 119 Å². The van der Waals surface area contributed by atoms with Crippen LogP contribution in [0.3, 0.4) is 0 Å². The second kappa shape index (κ2) is 15.3. The quantitative estimate of drug-likeness (QED) is 0.302. The molecule has 0 radical (unpaired) electrons. The van der Waals surface area contributed by atoms with E-state index in [-0.39, 0.29) is 35.6 Å². The minimum absolute atomic E-state index is 0. The van der Waals surface area contributed by atoms with E-state index >= 15 is 0 Å². The molecule has 0 heterocycles. The van der Waals surface area contributed by atoms with Crippen LogP contribution in [-0.4, -0.2) is 3.21 Å². The molecule has 0 amide bonds. The molecule has 0 bridgehead atoms. The van der Waals surface area contributed by atoms with E-state index in [0.29, 0.717) is 0 Å². The first kappa shape index (κ1) is 34.5. The summed E-state index contributed by atoms with van der Waals surface area (Å²) in [7, 11) is 0. The molecular weight excluding hydrogens is 583 g/mol. The molecule has 0 saturated carbocycles. The Morgan fingerprint density at radius 1 is 0.842 bits per heavy atom. The van der Waals surface area contributed by atoms with Crippen LogP contribution in [0.4, 0.5) is 0 Å². The third-order valence-corrected chi connectivity index (χ3v) is 6.80. The van der Waals surface area contributed by atoms with Crippen LogP contribution < -0.4 is 24.8 Å². The summed E-state index contributed by atoms with van der Waals surface area (Å²) in [6.07, 6.45) is 12.2. The third kappa shape index (κ3) is 10.2. The Hall–Kier alpha value is -1.53. The number of hydrogen-bond acceptors (Lipinski definition) is 0. The molecule has 3 aromatic rings. The van der Waals surface area contributed by atoms with Crippen LogP contribution in [0.15, 0.2) is 78.9 Å². The molecule has 2 aliphatic rings. The molecule has 0 fully saturated rings. The molecule has 200 valence electrons. The standard InChI is InChI=1S/C21H25.C9H10.C5H5.2ClH.Zr/c1-20(2,3)16-7-9-18-14(12-16)11-15-13-17(21(4,5)6)8-10-19(15)18;1-2-6-9-7-4-3-5-8-9;1-2-4-5-3-1;;;/h7-10,12H,11H2,1-6H3;3-5,7-8H,6H2,1H3;1-3H,4H2;2*1H;/q-1;;-1;;;+2/p-2. The van der Waals surface area contributed by atoms with E-state index in [1.54, 1.807) is 27.4 Å². The van der Waals surface area contributed by atoms with Crippen LogP contribution in [-0.2, 0) is 47.9 Å². The minimum Gasteiger partial charge on any atom is -1.00 e. The van der Waals surface area contributed by atoms with Gasteiger partial charge in [-0.2, -0.15) is 29.8 Å². The van der Waals surface area contributed by atoms with Crippen molar-refractivity contribution in [2.45, 2.75) is 78.6 Å². The van der Waals surface area contributed by atoms with Gasteiger partial charge in [0.25, 0.3) is 0 Å². The predicted octanol–water partition coefficient (Wildman–Crippen LogP) is 2.93. The number of rotatable bonds is 2. The van der Waals surface area contributed by atoms with Crippen molar-refractivity contribution in [2.75, 3.05) is 0 Å². The fraction of sp³-hybridized carbons (Fsp3) is 0.343. The van der Waals surface area contributed by atoms with Crippen LogP contribution in [0, 0.1) is 12.1 Å². The van der Waals surface area contributed by atoms with Gasteiger partial charge in [0.1, 0.15) is 0 Å². The zero-order chi connectivity index (χ0) is 26.3. The SMILES string of the molecule is CC(C)(C)c1[c-]c2c(cc1)-c1ccc(C(C)(C)C)cc1C2.C[C](=[Zr+2])Cc1ccccc1.[C-]1=CC=CC1.[Cl-].[Cl-]. The molecular formula is C35H40Cl2Zr-2. The van der Waals surface area contributed by atoms with Crippen molar-refractivity contribution >= 4 is 3.21 Å². The minimum atomic E-state index is 0. The fourth-order valence-electron chi connectivity index (χ4n) is 4.27. The van der Waals surface area contributed by atoms with Crippen LogP contribution in [0.1, 0.15) is 82.7 Å². The van der Waals surface area contributed by atoms with Crippen molar-refractivity contribution in [1.82, 2.24) is 0 Å². The summed E-state index contributed by atoms with van der Waals surface area (Å²) in [4.78, 5) is 0. The molecule has 38 heavy (non-hydrogen) atoms. The molecule has 0 N–H and O–H groups in total. The molecule has 0 atom stereocenters. The predicted molar refractivity (Wildman–Crippen MR) is 153 cm³/mol. The van der Waals surface area contributed by atoms with Crippen LogP contribution in [0.25, 0.3) is 11.1 Å². The van der Waals surface area contributed by atoms with E-state index in [1.165, 1.54) is 38.9 Å². The van der Waals surface area contributed by atoms with E-state index in [4.69, 9.17) is 0 Å². The zero-order valence-corrected chi connectivity index (χ0v) is 27.9. The van der Waals surface area contributed by atoms with Crippen LogP contribution >= 0.6 is 0 Å². The van der Waals surface area contributed by atoms with E-state index in [1.807, 2.05) is 12.2 Å². The summed E-state index contributed by atoms with van der Waals surface area (Å²) >= 11 is 1.55. The number of benzene rings is 3. The van der Waals surface area contributed by atoms with Gasteiger partial charge in [-0.15, -0.1) is 17.5 Å². The average Bonchev–Trinajstić information content (AvgIpc) is 3.49. The molecule has 0 nitrogen and oxygen atoms in total. The summed E-state index contributed by atoms with van der Waals surface area (Å²) in [5.41, 5.74) is 10.1. The van der Waals surface area contributed by atoms with Crippen molar-refractivity contribution in [1.29, 1.82) is 0 Å². The van der Waals surface area contributed by atoms with Crippen molar-refractivity contribution < 1.29 is 49.0 Å². The van der Waals surface area contributed by atoms with Gasteiger partial charge < -0.3 is 24.8 Å². The van der Waals surface area contributed by atoms with Gasteiger partial charge in [0, 0.05) is 0 Å². The molecule has 3 heteroatoms. The van der Waals surface area contributed by atoms with Gasteiger partial charge in [-0.1, -0.05) is 65.3 Å². The second-order valence-electron chi connectivity index (χ2n) is 11.8. The first-order valence-electron chi connectivity index (χ1n) is 12.9. The number of fused-ring (bicyclic) bond motifs is 3. The number of hydrogen-bond donors (Lipinski definition) is 0. The van der Waals surface area contributed by atoms with E-state index in [9.17, 15) is 0 Å². The molecule has 2 aliphatic carbocycles. The van der Waals surface area contributed by atoms with Crippen LogP contribution in [0.5, 0.6) is 0 Å². The summed E-state index contributed by atoms with van der Waals surface area (Å²) in [6.45, 7) is 15.8. The van der Waals surface area contributed by atoms with E-state index < -0.39 is 0 Å². The molecule has 0 spiro atoms. The van der Waals surface area contributed by atoms with Crippen molar-refractivity contribution in [2.24, 2.45) is 0 Å². The Morgan fingerprint density at radius 2 is 1.50 bits per heavy atom. The van der Waals surface area contributed by atoms with E-state index in [0.717, 1.165) is 19.3 Å². The van der Waals surface area contributed by atoms with Gasteiger partial charge in [-0.25, -0.2) is 12.2 Å². The molecule has 0 aromatic heterocycles. The summed E-state index contributed by atoms with van der Waals surface area (Å²) < 4.78 is 1.55. The molecule has 5 rings (SSSR count). The maximum absolute atomic E-state index is 3.67. The Morgan fingerprint density at radius 3 is 2.00 bits per heavy atom. The average molecular weight is 623 g/mol. The maximum atomic E-state index is 3.67. The third-order valence-electron chi connectivity index (χ3n) is 6.36. The molecule has 3 aromatic carbocycles. The Labute approximate surface area is 259 Å². The maximum Gasteiger partial charge on any atom is -0.109 e. The summed E-state index contributed by atoms with van der Waals surface area (Å²) in [5, 5.41) is 0. The monoisotopic (exact) mass is 620 g/mol. The number of allylic oxidation sites excluding steroid dienone is 4. The van der Waals surface area contributed by atoms with E-state index in [2.05, 4.69) is 127 Å². The van der Waals surface area contributed by atoms with Crippen molar-refractivity contribution in [3.63, 3.8) is 0 Å². The Kier molecular flexibility index (Phi) is 13.9. The van der Waals surface area contributed by atoms with Gasteiger partial charge in [0.2, 0.25) is 0 Å². The largest absolute Gasteiger partial charge is 1.00 e. The number of halogens is 2. The second-order valence-corrected chi connectivity index (χ2v) is 13.9. The summed E-state index contributed by atoms with van der Waals surface area (Å²) in [6, 6.07) is 25.8. The Bertz CT molecular complexity index is 1170. The normalized spacial score (nSPS) is 12.6. The zero-order valence-electron chi connectivity index (χ0n) is 23.9. The first-order chi connectivity index (χ1) is 16.9. The molecule has 0 unspecified atom stereocenters. The van der Waals surface area contributed by atoms with Gasteiger partial charge in [0.05, 0.1) is 0 Å². The summed E-state index contributed by atoms with van der Waals surface area (Å²) in [5.74, 6) is 0. The van der Waals surface area contributed by atoms with Crippen LogP contribution in [0.2, 0.25) is 0 Å². The van der Waals surface area contributed by atoms with Gasteiger partial charge in [0.15, 0.2) is 0 Å². The topological polar surface area (TPSA) is 0 Å². The van der Waals surface area contributed by atoms with Gasteiger partial charge >= 0.3 is 76.7 Å².